The number of allylic oxidation sites excluding steroid dienone is 4. The molecule has 29 heavy (non-hydrogen) atoms. The van der Waals surface area contributed by atoms with Crippen molar-refractivity contribution >= 4 is 0 Å². The normalized spacial score (nSPS) is 43.0. The SMILES string of the molecule is C[C@H](CCCC(C)(C)O)[C@H]1CC[C@H]2C3=CC=C4C[C@@H](F)CC[C@]4(C)[C@H]3CC[C@]12C. The summed E-state index contributed by atoms with van der Waals surface area (Å²) in [6.07, 6.45) is 15.2. The first-order chi connectivity index (χ1) is 13.5. The third-order valence-corrected chi connectivity index (χ3v) is 9.72. The lowest BCUT2D eigenvalue weighted by Crippen LogP contribution is -2.46. The smallest absolute Gasteiger partial charge is 0.104 e. The molecule has 7 atom stereocenters. The van der Waals surface area contributed by atoms with Crippen LogP contribution in [0.1, 0.15) is 98.8 Å². The molecule has 0 aromatic rings. The van der Waals surface area contributed by atoms with E-state index in [1.807, 2.05) is 13.8 Å². The zero-order valence-electron chi connectivity index (χ0n) is 19.4. The van der Waals surface area contributed by atoms with Gasteiger partial charge in [0.15, 0.2) is 0 Å². The topological polar surface area (TPSA) is 20.2 Å². The Morgan fingerprint density at radius 2 is 1.86 bits per heavy atom. The molecule has 0 radical (unpaired) electrons. The van der Waals surface area contributed by atoms with Crippen molar-refractivity contribution < 1.29 is 9.50 Å². The Morgan fingerprint density at radius 3 is 2.59 bits per heavy atom. The summed E-state index contributed by atoms with van der Waals surface area (Å²) in [6.45, 7) is 11.3. The van der Waals surface area contributed by atoms with Crippen LogP contribution in [0.15, 0.2) is 23.3 Å². The second-order valence-electron chi connectivity index (χ2n) is 12.1. The van der Waals surface area contributed by atoms with E-state index in [4.69, 9.17) is 0 Å². The van der Waals surface area contributed by atoms with E-state index in [1.54, 1.807) is 5.57 Å². The predicted octanol–water partition coefficient (Wildman–Crippen LogP) is 7.40. The molecule has 0 heterocycles. The fraction of sp³-hybridized carbons (Fsp3) is 0.852. The summed E-state index contributed by atoms with van der Waals surface area (Å²) in [5.41, 5.74) is 3.21. The number of halogens is 1. The van der Waals surface area contributed by atoms with Crippen molar-refractivity contribution in [3.05, 3.63) is 23.3 Å². The number of hydrogen-bond acceptors (Lipinski definition) is 1. The molecule has 3 saturated carbocycles. The lowest BCUT2D eigenvalue weighted by atomic mass is 9.50. The molecule has 164 valence electrons. The van der Waals surface area contributed by atoms with Crippen LogP contribution in [0.5, 0.6) is 0 Å². The van der Waals surface area contributed by atoms with E-state index in [-0.39, 0.29) is 5.41 Å². The van der Waals surface area contributed by atoms with Crippen molar-refractivity contribution in [2.24, 2.45) is 34.5 Å². The first-order valence-electron chi connectivity index (χ1n) is 12.3. The standard InChI is InChI=1S/C27H43FO/c1-18(7-6-14-25(2,3)29)22-10-11-23-21-9-8-19-17-20(28)12-15-26(19,4)24(21)13-16-27(22,23)5/h8-9,18,20,22-24,29H,6-7,10-17H2,1-5H3/t18-,20+,22-,23+,24+,26+,27-/m1/s1. The first kappa shape index (κ1) is 21.6. The summed E-state index contributed by atoms with van der Waals surface area (Å²) >= 11 is 0. The quantitative estimate of drug-likeness (QED) is 0.508. The Bertz CT molecular complexity index is 685. The highest BCUT2D eigenvalue weighted by Crippen LogP contribution is 2.66. The minimum absolute atomic E-state index is 0.213. The van der Waals surface area contributed by atoms with E-state index in [0.29, 0.717) is 17.8 Å². The highest BCUT2D eigenvalue weighted by Gasteiger charge is 2.56. The minimum atomic E-state index is -0.626. The molecule has 0 unspecified atom stereocenters. The number of rotatable bonds is 5. The largest absolute Gasteiger partial charge is 0.390 e. The van der Waals surface area contributed by atoms with E-state index < -0.39 is 11.8 Å². The molecule has 0 aromatic heterocycles. The van der Waals surface area contributed by atoms with Gasteiger partial charge in [0.25, 0.3) is 0 Å². The molecule has 4 rings (SSSR count). The number of hydrogen-bond donors (Lipinski definition) is 1. The second kappa shape index (κ2) is 7.50. The zero-order valence-corrected chi connectivity index (χ0v) is 19.4. The maximum absolute atomic E-state index is 14.1. The van der Waals surface area contributed by atoms with Gasteiger partial charge in [0.05, 0.1) is 5.60 Å². The van der Waals surface area contributed by atoms with Gasteiger partial charge < -0.3 is 5.11 Å². The zero-order chi connectivity index (χ0) is 21.0. The van der Waals surface area contributed by atoms with Gasteiger partial charge in [-0.05, 0) is 93.3 Å². The van der Waals surface area contributed by atoms with Gasteiger partial charge in [0.2, 0.25) is 0 Å². The van der Waals surface area contributed by atoms with Crippen LogP contribution in [-0.4, -0.2) is 16.9 Å². The summed E-state index contributed by atoms with van der Waals surface area (Å²) < 4.78 is 14.1. The van der Waals surface area contributed by atoms with Gasteiger partial charge in [-0.1, -0.05) is 56.9 Å². The van der Waals surface area contributed by atoms with Crippen LogP contribution < -0.4 is 0 Å². The molecule has 0 aromatic carbocycles. The van der Waals surface area contributed by atoms with Crippen molar-refractivity contribution in [3.63, 3.8) is 0 Å². The lowest BCUT2D eigenvalue weighted by molar-refractivity contribution is 0.0377. The molecule has 4 aliphatic carbocycles. The molecule has 1 N–H and O–H groups in total. The third kappa shape index (κ3) is 3.77. The molecule has 4 aliphatic rings. The molecular formula is C27H43FO. The van der Waals surface area contributed by atoms with Gasteiger partial charge in [-0.15, -0.1) is 0 Å². The van der Waals surface area contributed by atoms with Gasteiger partial charge in [-0.25, -0.2) is 4.39 Å². The predicted molar refractivity (Wildman–Crippen MR) is 119 cm³/mol. The molecule has 0 spiro atoms. The van der Waals surface area contributed by atoms with E-state index in [0.717, 1.165) is 43.4 Å². The molecule has 0 bridgehead atoms. The monoisotopic (exact) mass is 402 g/mol. The number of alkyl halides is 1. The lowest BCUT2D eigenvalue weighted by Gasteiger charge is -2.55. The summed E-state index contributed by atoms with van der Waals surface area (Å²) in [4.78, 5) is 0. The van der Waals surface area contributed by atoms with Crippen molar-refractivity contribution in [1.82, 2.24) is 0 Å². The van der Waals surface area contributed by atoms with E-state index in [1.165, 1.54) is 37.7 Å². The van der Waals surface area contributed by atoms with Crippen LogP contribution >= 0.6 is 0 Å². The molecular weight excluding hydrogens is 359 g/mol. The van der Waals surface area contributed by atoms with Gasteiger partial charge >= 0.3 is 0 Å². The molecule has 3 fully saturated rings. The highest BCUT2D eigenvalue weighted by molar-refractivity contribution is 5.38. The van der Waals surface area contributed by atoms with Crippen LogP contribution in [0.25, 0.3) is 0 Å². The Hall–Kier alpha value is -0.630. The fourth-order valence-electron chi connectivity index (χ4n) is 7.99. The molecule has 1 nitrogen and oxygen atoms in total. The minimum Gasteiger partial charge on any atom is -0.390 e. The van der Waals surface area contributed by atoms with Crippen molar-refractivity contribution in [2.75, 3.05) is 0 Å². The van der Waals surface area contributed by atoms with Crippen LogP contribution in [0.2, 0.25) is 0 Å². The fourth-order valence-corrected chi connectivity index (χ4v) is 7.99. The Kier molecular flexibility index (Phi) is 5.59. The summed E-state index contributed by atoms with van der Waals surface area (Å²) in [6, 6.07) is 0. The maximum atomic E-state index is 14.1. The second-order valence-corrected chi connectivity index (χ2v) is 12.1. The van der Waals surface area contributed by atoms with Crippen LogP contribution in [-0.2, 0) is 0 Å². The van der Waals surface area contributed by atoms with Crippen molar-refractivity contribution in [2.45, 2.75) is 111 Å². The summed E-state index contributed by atoms with van der Waals surface area (Å²) in [5.74, 6) is 2.91. The van der Waals surface area contributed by atoms with Crippen LogP contribution in [0.4, 0.5) is 4.39 Å². The molecule has 0 saturated heterocycles. The maximum Gasteiger partial charge on any atom is 0.104 e. The molecule has 0 aliphatic heterocycles. The summed E-state index contributed by atoms with van der Waals surface area (Å²) in [7, 11) is 0. The number of fused-ring (bicyclic) bond motifs is 5. The van der Waals surface area contributed by atoms with Gasteiger partial charge in [0, 0.05) is 6.42 Å². The summed E-state index contributed by atoms with van der Waals surface area (Å²) in [5, 5.41) is 10.1. The Balaban J connectivity index is 1.51. The first-order valence-corrected chi connectivity index (χ1v) is 12.3. The third-order valence-electron chi connectivity index (χ3n) is 9.72. The van der Waals surface area contributed by atoms with E-state index in [9.17, 15) is 9.50 Å². The van der Waals surface area contributed by atoms with Crippen LogP contribution in [0, 0.1) is 34.5 Å². The average Bonchev–Trinajstić information content (AvgIpc) is 2.98. The highest BCUT2D eigenvalue weighted by atomic mass is 19.1. The van der Waals surface area contributed by atoms with Gasteiger partial charge in [0.1, 0.15) is 6.17 Å². The van der Waals surface area contributed by atoms with E-state index in [2.05, 4.69) is 32.9 Å². The van der Waals surface area contributed by atoms with Gasteiger partial charge in [-0.2, -0.15) is 0 Å². The Labute approximate surface area is 178 Å². The van der Waals surface area contributed by atoms with Crippen molar-refractivity contribution in [1.29, 1.82) is 0 Å². The Morgan fingerprint density at radius 1 is 1.10 bits per heavy atom. The van der Waals surface area contributed by atoms with E-state index >= 15 is 0 Å². The molecule has 2 heteroatoms. The van der Waals surface area contributed by atoms with Crippen LogP contribution in [0.3, 0.4) is 0 Å². The molecule has 0 amide bonds. The van der Waals surface area contributed by atoms with Crippen molar-refractivity contribution in [3.8, 4) is 0 Å². The number of aliphatic hydroxyl groups is 1. The average molecular weight is 403 g/mol. The van der Waals surface area contributed by atoms with Gasteiger partial charge in [-0.3, -0.25) is 0 Å².